The van der Waals surface area contributed by atoms with Gasteiger partial charge in [-0.25, -0.2) is 9.97 Å². The molecule has 0 aliphatic carbocycles. The summed E-state index contributed by atoms with van der Waals surface area (Å²) in [5, 5.41) is 6.63. The average molecular weight is 589 g/mol. The number of nitrogens with zero attached hydrogens (tertiary/aromatic N) is 4. The van der Waals surface area contributed by atoms with Crippen LogP contribution in [0, 0.1) is 0 Å². The van der Waals surface area contributed by atoms with Crippen LogP contribution in [0.2, 0.25) is 15.1 Å². The third kappa shape index (κ3) is 6.25. The van der Waals surface area contributed by atoms with Crippen LogP contribution in [0.3, 0.4) is 0 Å². The molecule has 1 aromatic heterocycles. The number of rotatable bonds is 7. The number of fused-ring (bicyclic) bond motifs is 1. The van der Waals surface area contributed by atoms with Gasteiger partial charge in [0, 0.05) is 52.3 Å². The molecule has 2 heterocycles. The molecule has 202 valence electrons. The van der Waals surface area contributed by atoms with E-state index in [0.717, 1.165) is 64.5 Å². The molecular formula is C32H28Cl3N5. The Morgan fingerprint density at radius 1 is 0.650 bits per heavy atom. The first-order valence-electron chi connectivity index (χ1n) is 13.3. The number of hydrogen-bond acceptors (Lipinski definition) is 5. The lowest BCUT2D eigenvalue weighted by molar-refractivity contribution is 0.103. The predicted molar refractivity (Wildman–Crippen MR) is 166 cm³/mol. The fraction of sp³-hybridized carbons (Fsp3) is 0.188. The van der Waals surface area contributed by atoms with Crippen LogP contribution in [0.15, 0.2) is 97.1 Å². The van der Waals surface area contributed by atoms with Crippen LogP contribution in [0.5, 0.6) is 0 Å². The largest absolute Gasteiger partial charge is 0.340 e. The molecule has 1 N–H and O–H groups in total. The maximum absolute atomic E-state index is 6.20. The van der Waals surface area contributed by atoms with Crippen molar-refractivity contribution in [1.29, 1.82) is 0 Å². The Morgan fingerprint density at radius 2 is 1.20 bits per heavy atom. The lowest BCUT2D eigenvalue weighted by Gasteiger charge is -2.39. The Morgan fingerprint density at radius 3 is 1.80 bits per heavy atom. The first-order valence-corrected chi connectivity index (χ1v) is 14.4. The van der Waals surface area contributed by atoms with Gasteiger partial charge in [-0.1, -0.05) is 71.2 Å². The smallest absolute Gasteiger partial charge is 0.145 e. The molecule has 5 nitrogen and oxygen atoms in total. The molecule has 1 aliphatic heterocycles. The number of halogens is 3. The molecule has 0 atom stereocenters. The van der Waals surface area contributed by atoms with Crippen molar-refractivity contribution in [2.75, 3.05) is 31.5 Å². The van der Waals surface area contributed by atoms with Gasteiger partial charge in [0.2, 0.25) is 0 Å². The SMILES string of the molecule is Clc1ccc(Nc2nc(CN3CCN(C(c4ccc(Cl)cc4)c4ccc(Cl)cc4)CC3)nc3ccccc23)cc1. The van der Waals surface area contributed by atoms with E-state index in [1.807, 2.05) is 72.8 Å². The molecule has 0 radical (unpaired) electrons. The minimum Gasteiger partial charge on any atom is -0.340 e. The van der Waals surface area contributed by atoms with Crippen LogP contribution in [-0.4, -0.2) is 45.9 Å². The van der Waals surface area contributed by atoms with Gasteiger partial charge in [0.05, 0.1) is 18.1 Å². The van der Waals surface area contributed by atoms with Crippen LogP contribution in [-0.2, 0) is 6.54 Å². The molecule has 5 aromatic rings. The monoisotopic (exact) mass is 587 g/mol. The van der Waals surface area contributed by atoms with E-state index in [1.165, 1.54) is 11.1 Å². The Labute approximate surface area is 249 Å². The summed E-state index contributed by atoms with van der Waals surface area (Å²) in [6.45, 7) is 4.33. The van der Waals surface area contributed by atoms with Gasteiger partial charge in [0.15, 0.2) is 0 Å². The highest BCUT2D eigenvalue weighted by molar-refractivity contribution is 6.31. The van der Waals surface area contributed by atoms with Crippen LogP contribution in [0.4, 0.5) is 11.5 Å². The zero-order chi connectivity index (χ0) is 27.5. The lowest BCUT2D eigenvalue weighted by atomic mass is 9.96. The van der Waals surface area contributed by atoms with E-state index in [0.29, 0.717) is 11.6 Å². The average Bonchev–Trinajstić information content (AvgIpc) is 2.97. The van der Waals surface area contributed by atoms with Crippen molar-refractivity contribution in [1.82, 2.24) is 19.8 Å². The van der Waals surface area contributed by atoms with Gasteiger partial charge in [-0.2, -0.15) is 0 Å². The molecule has 4 aromatic carbocycles. The van der Waals surface area contributed by atoms with Crippen LogP contribution in [0.1, 0.15) is 23.0 Å². The van der Waals surface area contributed by atoms with Gasteiger partial charge in [-0.3, -0.25) is 9.80 Å². The quantitative estimate of drug-likeness (QED) is 0.207. The minimum atomic E-state index is 0.129. The number of hydrogen-bond donors (Lipinski definition) is 1. The highest BCUT2D eigenvalue weighted by atomic mass is 35.5. The van der Waals surface area contributed by atoms with Crippen molar-refractivity contribution in [3.8, 4) is 0 Å². The van der Waals surface area contributed by atoms with Gasteiger partial charge in [0.1, 0.15) is 11.6 Å². The summed E-state index contributed by atoms with van der Waals surface area (Å²) < 4.78 is 0. The summed E-state index contributed by atoms with van der Waals surface area (Å²) in [6.07, 6.45) is 0. The molecule has 0 amide bonds. The topological polar surface area (TPSA) is 44.3 Å². The van der Waals surface area contributed by atoms with E-state index >= 15 is 0 Å². The third-order valence-corrected chi connectivity index (χ3v) is 8.02. The van der Waals surface area contributed by atoms with E-state index in [-0.39, 0.29) is 6.04 Å². The maximum atomic E-state index is 6.20. The third-order valence-electron chi connectivity index (χ3n) is 7.27. The molecule has 1 fully saturated rings. The Balaban J connectivity index is 1.20. The zero-order valence-electron chi connectivity index (χ0n) is 21.8. The molecule has 0 spiro atoms. The van der Waals surface area contributed by atoms with Gasteiger partial charge >= 0.3 is 0 Å². The van der Waals surface area contributed by atoms with Gasteiger partial charge in [-0.05, 0) is 71.8 Å². The number of benzene rings is 4. The zero-order valence-corrected chi connectivity index (χ0v) is 24.0. The van der Waals surface area contributed by atoms with E-state index in [1.54, 1.807) is 0 Å². The van der Waals surface area contributed by atoms with Crippen LogP contribution in [0.25, 0.3) is 10.9 Å². The van der Waals surface area contributed by atoms with Crippen molar-refractivity contribution in [2.45, 2.75) is 12.6 Å². The highest BCUT2D eigenvalue weighted by Gasteiger charge is 2.27. The predicted octanol–water partition coefficient (Wildman–Crippen LogP) is 8.24. The summed E-state index contributed by atoms with van der Waals surface area (Å²) in [7, 11) is 0. The molecule has 1 aliphatic rings. The number of aromatic nitrogens is 2. The van der Waals surface area contributed by atoms with Gasteiger partial charge in [0.25, 0.3) is 0 Å². The molecule has 1 saturated heterocycles. The molecule has 6 rings (SSSR count). The number of para-hydroxylation sites is 1. The van der Waals surface area contributed by atoms with E-state index in [9.17, 15) is 0 Å². The molecule has 40 heavy (non-hydrogen) atoms. The van der Waals surface area contributed by atoms with Crippen LogP contribution < -0.4 is 5.32 Å². The fourth-order valence-electron chi connectivity index (χ4n) is 5.24. The molecule has 0 bridgehead atoms. The highest BCUT2D eigenvalue weighted by Crippen LogP contribution is 2.32. The number of piperazine rings is 1. The molecule has 0 unspecified atom stereocenters. The van der Waals surface area contributed by atoms with Crippen molar-refractivity contribution in [2.24, 2.45) is 0 Å². The van der Waals surface area contributed by atoms with Gasteiger partial charge in [-0.15, -0.1) is 0 Å². The summed E-state index contributed by atoms with van der Waals surface area (Å²) in [4.78, 5) is 14.8. The Kier molecular flexibility index (Phi) is 8.19. The second-order valence-electron chi connectivity index (χ2n) is 9.96. The van der Waals surface area contributed by atoms with Crippen molar-refractivity contribution >= 4 is 57.2 Å². The van der Waals surface area contributed by atoms with Crippen LogP contribution >= 0.6 is 34.8 Å². The number of anilines is 2. The Bertz CT molecular complexity index is 1540. The van der Waals surface area contributed by atoms with Crippen molar-refractivity contribution in [3.63, 3.8) is 0 Å². The standard InChI is InChI=1S/C32H28Cl3N5/c33-24-9-5-22(6-10-24)31(23-7-11-25(34)12-8-23)40-19-17-39(18-20-40)21-30-37-29-4-2-1-3-28(29)32(38-30)36-27-15-13-26(35)14-16-27/h1-16,31H,17-21H2,(H,36,37,38). The fourth-order valence-corrected chi connectivity index (χ4v) is 5.62. The lowest BCUT2D eigenvalue weighted by Crippen LogP contribution is -2.47. The Hall–Kier alpha value is -3.19. The first-order chi connectivity index (χ1) is 19.5. The summed E-state index contributed by atoms with van der Waals surface area (Å²) in [5.74, 6) is 1.60. The van der Waals surface area contributed by atoms with E-state index < -0.39 is 0 Å². The number of nitrogens with one attached hydrogen (secondary N) is 1. The summed E-state index contributed by atoms with van der Waals surface area (Å²) >= 11 is 18.5. The summed E-state index contributed by atoms with van der Waals surface area (Å²) in [5.41, 5.74) is 4.29. The van der Waals surface area contributed by atoms with E-state index in [2.05, 4.69) is 39.4 Å². The normalized spacial score (nSPS) is 14.6. The first kappa shape index (κ1) is 27.0. The minimum absolute atomic E-state index is 0.129. The molecular weight excluding hydrogens is 561 g/mol. The second-order valence-corrected chi connectivity index (χ2v) is 11.3. The second kappa shape index (κ2) is 12.1. The van der Waals surface area contributed by atoms with E-state index in [4.69, 9.17) is 44.8 Å². The molecule has 0 saturated carbocycles. The molecule has 8 heteroatoms. The maximum Gasteiger partial charge on any atom is 0.145 e. The summed E-state index contributed by atoms with van der Waals surface area (Å²) in [6, 6.07) is 32.2. The van der Waals surface area contributed by atoms with Crippen molar-refractivity contribution in [3.05, 3.63) is 129 Å². The van der Waals surface area contributed by atoms with Crippen molar-refractivity contribution < 1.29 is 0 Å². The van der Waals surface area contributed by atoms with Gasteiger partial charge < -0.3 is 5.32 Å².